The Balaban J connectivity index is 4.34. The van der Waals surface area contributed by atoms with Crippen molar-refractivity contribution in [1.82, 2.24) is 0 Å². The van der Waals surface area contributed by atoms with Gasteiger partial charge >= 0.3 is 0 Å². The molecule has 0 rings (SSSR count). The fraction of sp³-hybridized carbons (Fsp3) is 0.778. The molecule has 1 atom stereocenters. The minimum absolute atomic E-state index is 0.396. The molecule has 2 nitrogen and oxygen atoms in total. The lowest BCUT2D eigenvalue weighted by molar-refractivity contribution is 0.638. The van der Waals surface area contributed by atoms with Crippen molar-refractivity contribution in [3.8, 4) is 12.1 Å². The zero-order chi connectivity index (χ0) is 10.5. The average Bonchev–Trinajstić information content (AvgIpc) is 2.02. The van der Waals surface area contributed by atoms with Gasteiger partial charge in [0.2, 0.25) is 0 Å². The van der Waals surface area contributed by atoms with Crippen LogP contribution in [0.2, 0.25) is 0 Å². The lowest BCUT2D eigenvalue weighted by Crippen LogP contribution is -2.26. The number of halogens is 1. The molecule has 0 saturated heterocycles. The Hall–Kier alpha value is -0.740. The first-order valence-corrected chi connectivity index (χ1v) is 6.43. The monoisotopic (exact) mass is 202 g/mol. The Morgan fingerprint density at radius 3 is 2.23 bits per heavy atom. The van der Waals surface area contributed by atoms with Crippen LogP contribution in [0.1, 0.15) is 26.2 Å². The zero-order valence-corrected chi connectivity index (χ0v) is 9.12. The summed E-state index contributed by atoms with van der Waals surface area (Å²) in [6.07, 6.45) is 4.44. The Morgan fingerprint density at radius 1 is 1.38 bits per heavy atom. The fourth-order valence-corrected chi connectivity index (χ4v) is 1.76. The average molecular weight is 202 g/mol. The van der Waals surface area contributed by atoms with Gasteiger partial charge in [-0.25, -0.2) is 0 Å². The molecule has 0 bridgehead atoms. The van der Waals surface area contributed by atoms with Crippen molar-refractivity contribution >= 4 is 10.4 Å². The van der Waals surface area contributed by atoms with E-state index in [2.05, 4.69) is 0 Å². The van der Waals surface area contributed by atoms with E-state index in [9.17, 15) is 3.89 Å². The van der Waals surface area contributed by atoms with Crippen LogP contribution in [0, 0.1) is 22.7 Å². The third kappa shape index (κ3) is 3.24. The topological polar surface area (TPSA) is 47.6 Å². The third-order valence-electron chi connectivity index (χ3n) is 2.25. The molecule has 74 valence electrons. The van der Waals surface area contributed by atoms with Crippen LogP contribution in [-0.2, 0) is 0 Å². The summed E-state index contributed by atoms with van der Waals surface area (Å²) in [5, 5.41) is 17.2. The number of unbranched alkanes of at least 4 members (excludes halogenated alkanes) is 1. The lowest BCUT2D eigenvalue weighted by atomic mass is 10.1. The van der Waals surface area contributed by atoms with Crippen molar-refractivity contribution in [2.45, 2.75) is 30.9 Å². The summed E-state index contributed by atoms with van der Waals surface area (Å²) >= 11 is 0. The van der Waals surface area contributed by atoms with Gasteiger partial charge in [0.1, 0.15) is 4.75 Å². The zero-order valence-electron chi connectivity index (χ0n) is 8.30. The van der Waals surface area contributed by atoms with Crippen LogP contribution in [-0.4, -0.2) is 17.3 Å². The van der Waals surface area contributed by atoms with E-state index < -0.39 is 15.2 Å². The Kier molecular flexibility index (Phi) is 4.23. The summed E-state index contributed by atoms with van der Waals surface area (Å²) in [4.78, 5) is 0. The van der Waals surface area contributed by atoms with Crippen LogP contribution >= 0.6 is 10.4 Å². The van der Waals surface area contributed by atoms with E-state index in [1.165, 1.54) is 12.5 Å². The molecule has 0 amide bonds. The SMILES string of the molecule is CC(C#N)(CCCC#N)S(C)(C)F. The molecule has 1 unspecified atom stereocenters. The third-order valence-corrected chi connectivity index (χ3v) is 4.69. The predicted octanol–water partition coefficient (Wildman–Crippen LogP) is 2.91. The van der Waals surface area contributed by atoms with Crippen LogP contribution in [0.25, 0.3) is 0 Å². The van der Waals surface area contributed by atoms with Crippen molar-refractivity contribution in [1.29, 1.82) is 10.5 Å². The van der Waals surface area contributed by atoms with Gasteiger partial charge in [-0.05, 0) is 32.3 Å². The number of nitriles is 2. The van der Waals surface area contributed by atoms with Crippen LogP contribution in [0.3, 0.4) is 0 Å². The van der Waals surface area contributed by atoms with Crippen LogP contribution in [0.5, 0.6) is 0 Å². The molecule has 0 saturated carbocycles. The normalized spacial score (nSPS) is 16.8. The maximum absolute atomic E-state index is 13.6. The molecule has 0 aromatic carbocycles. The predicted molar refractivity (Wildman–Crippen MR) is 54.0 cm³/mol. The molecule has 0 aromatic rings. The highest BCUT2D eigenvalue weighted by Gasteiger charge is 2.37. The highest BCUT2D eigenvalue weighted by Crippen LogP contribution is 2.56. The van der Waals surface area contributed by atoms with Crippen LogP contribution in [0.4, 0.5) is 3.89 Å². The van der Waals surface area contributed by atoms with Gasteiger partial charge in [0.05, 0.1) is 12.1 Å². The molecular formula is C9H15FN2S. The van der Waals surface area contributed by atoms with E-state index in [4.69, 9.17) is 10.5 Å². The van der Waals surface area contributed by atoms with Crippen LogP contribution in [0.15, 0.2) is 0 Å². The van der Waals surface area contributed by atoms with E-state index in [1.807, 2.05) is 12.1 Å². The summed E-state index contributed by atoms with van der Waals surface area (Å²) < 4.78 is 12.7. The summed E-state index contributed by atoms with van der Waals surface area (Å²) in [7, 11) is -2.37. The van der Waals surface area contributed by atoms with Crippen molar-refractivity contribution in [2.24, 2.45) is 0 Å². The first-order valence-electron chi connectivity index (χ1n) is 4.08. The summed E-state index contributed by atoms with van der Waals surface area (Å²) in [5.41, 5.74) is 0. The first-order chi connectivity index (χ1) is 5.87. The Bertz CT molecular complexity index is 246. The van der Waals surface area contributed by atoms with Crippen LogP contribution < -0.4 is 0 Å². The number of hydrogen-bond acceptors (Lipinski definition) is 2. The standard InChI is InChI=1S/C9H15FN2S/c1-9(8-12,13(2,3)10)6-4-5-7-11/h4-6H2,1-3H3. The molecule has 0 aliphatic heterocycles. The van der Waals surface area contributed by atoms with Gasteiger partial charge in [-0.2, -0.15) is 14.4 Å². The molecule has 4 heteroatoms. The molecule has 0 spiro atoms. The van der Waals surface area contributed by atoms with Gasteiger partial charge < -0.3 is 0 Å². The second-order valence-electron chi connectivity index (χ2n) is 3.56. The summed E-state index contributed by atoms with van der Waals surface area (Å²) in [5.74, 6) is 0. The minimum atomic E-state index is -2.37. The molecule has 0 aliphatic rings. The van der Waals surface area contributed by atoms with Gasteiger partial charge in [0.25, 0.3) is 0 Å². The number of hydrogen-bond donors (Lipinski definition) is 0. The molecule has 0 N–H and O–H groups in total. The van der Waals surface area contributed by atoms with E-state index in [0.29, 0.717) is 19.3 Å². The van der Waals surface area contributed by atoms with E-state index >= 15 is 0 Å². The van der Waals surface area contributed by atoms with Gasteiger partial charge in [-0.3, -0.25) is 0 Å². The van der Waals surface area contributed by atoms with Gasteiger partial charge in [0.15, 0.2) is 0 Å². The largest absolute Gasteiger partial charge is 0.198 e. The maximum Gasteiger partial charge on any atom is 0.109 e. The fourth-order valence-electron chi connectivity index (χ4n) is 0.912. The minimum Gasteiger partial charge on any atom is -0.198 e. The van der Waals surface area contributed by atoms with Gasteiger partial charge in [-0.15, -0.1) is 0 Å². The van der Waals surface area contributed by atoms with Crippen molar-refractivity contribution in [3.63, 3.8) is 0 Å². The molecule has 0 radical (unpaired) electrons. The van der Waals surface area contributed by atoms with E-state index in [1.54, 1.807) is 6.92 Å². The Morgan fingerprint density at radius 2 is 1.92 bits per heavy atom. The quantitative estimate of drug-likeness (QED) is 0.658. The van der Waals surface area contributed by atoms with Crippen molar-refractivity contribution in [2.75, 3.05) is 12.5 Å². The van der Waals surface area contributed by atoms with Crippen molar-refractivity contribution in [3.05, 3.63) is 0 Å². The molecule has 13 heavy (non-hydrogen) atoms. The second-order valence-corrected chi connectivity index (χ2v) is 6.86. The molecular weight excluding hydrogens is 187 g/mol. The van der Waals surface area contributed by atoms with Crippen molar-refractivity contribution < 1.29 is 3.89 Å². The Labute approximate surface area is 81.0 Å². The first kappa shape index (κ1) is 12.3. The molecule has 0 aliphatic carbocycles. The highest BCUT2D eigenvalue weighted by atomic mass is 32.3. The van der Waals surface area contributed by atoms with E-state index in [-0.39, 0.29) is 0 Å². The number of nitrogens with zero attached hydrogens (tertiary/aromatic N) is 2. The molecule has 0 heterocycles. The molecule has 0 fully saturated rings. The van der Waals surface area contributed by atoms with Gasteiger partial charge in [-0.1, -0.05) is 10.4 Å². The highest BCUT2D eigenvalue weighted by molar-refractivity contribution is 8.29. The maximum atomic E-state index is 13.6. The second kappa shape index (κ2) is 4.48. The lowest BCUT2D eigenvalue weighted by Gasteiger charge is -2.36. The number of rotatable bonds is 4. The molecule has 0 aromatic heterocycles. The van der Waals surface area contributed by atoms with Gasteiger partial charge in [0, 0.05) is 6.42 Å². The smallest absolute Gasteiger partial charge is 0.109 e. The summed E-state index contributed by atoms with van der Waals surface area (Å²) in [6.45, 7) is 1.64. The summed E-state index contributed by atoms with van der Waals surface area (Å²) in [6, 6.07) is 4.02. The van der Waals surface area contributed by atoms with E-state index in [0.717, 1.165) is 0 Å².